The maximum Gasteiger partial charge on any atom is 0.280 e. The normalized spacial score (nSPS) is 15.2. The highest BCUT2D eigenvalue weighted by Crippen LogP contribution is 2.32. The van der Waals surface area contributed by atoms with Crippen molar-refractivity contribution < 1.29 is 26.7 Å². The molecule has 1 aromatic heterocycles. The minimum Gasteiger partial charge on any atom is -0.489 e. The maximum absolute atomic E-state index is 13.5. The zero-order valence-electron chi connectivity index (χ0n) is 16.6. The lowest BCUT2D eigenvalue weighted by Crippen LogP contribution is -2.49. The molecule has 0 amide bonds. The van der Waals surface area contributed by atoms with Crippen LogP contribution in [0.4, 0.5) is 22.0 Å². The second-order valence-corrected chi connectivity index (χ2v) is 7.06. The zero-order valence-corrected chi connectivity index (χ0v) is 16.6. The molecule has 0 saturated carbocycles. The van der Waals surface area contributed by atoms with Crippen LogP contribution < -0.4 is 10.5 Å². The predicted molar refractivity (Wildman–Crippen MR) is 104 cm³/mol. The van der Waals surface area contributed by atoms with Crippen molar-refractivity contribution >= 4 is 12.3 Å². The molecule has 0 bridgehead atoms. The fourth-order valence-electron chi connectivity index (χ4n) is 2.74. The van der Waals surface area contributed by atoms with Crippen LogP contribution in [0.2, 0.25) is 0 Å². The SMILES string of the molecule is C=N/C(=C\C(=C/C)c1cc(C(F)F)c(OCC(N)(CF)CC(C)C)cn1)C(F)F. The van der Waals surface area contributed by atoms with Gasteiger partial charge in [0.05, 0.1) is 23.0 Å². The molecule has 1 heterocycles. The first kappa shape index (κ1) is 24.7. The van der Waals surface area contributed by atoms with Crippen LogP contribution in [-0.2, 0) is 0 Å². The number of nitrogens with zero attached hydrogens (tertiary/aromatic N) is 2. The fraction of sp³-hybridized carbons (Fsp3) is 0.500. The van der Waals surface area contributed by atoms with E-state index in [1.165, 1.54) is 6.08 Å². The number of aromatic nitrogens is 1. The van der Waals surface area contributed by atoms with Gasteiger partial charge >= 0.3 is 0 Å². The second-order valence-electron chi connectivity index (χ2n) is 7.06. The number of allylic oxidation sites excluding steroid dienone is 4. The minimum atomic E-state index is -2.93. The summed E-state index contributed by atoms with van der Waals surface area (Å²) in [5.74, 6) is -0.160. The summed E-state index contributed by atoms with van der Waals surface area (Å²) in [5, 5.41) is 0. The van der Waals surface area contributed by atoms with E-state index in [0.29, 0.717) is 6.42 Å². The van der Waals surface area contributed by atoms with Crippen molar-refractivity contribution in [3.63, 3.8) is 0 Å². The van der Waals surface area contributed by atoms with E-state index >= 15 is 0 Å². The number of pyridine rings is 1. The Morgan fingerprint density at radius 2 is 2.00 bits per heavy atom. The minimum absolute atomic E-state index is 0.0311. The van der Waals surface area contributed by atoms with Gasteiger partial charge in [-0.1, -0.05) is 19.9 Å². The first-order valence-corrected chi connectivity index (χ1v) is 8.95. The second kappa shape index (κ2) is 11.0. The number of aliphatic imine (C=N–C) groups is 1. The molecular weight excluding hydrogens is 393 g/mol. The van der Waals surface area contributed by atoms with Crippen LogP contribution in [0.1, 0.15) is 44.9 Å². The van der Waals surface area contributed by atoms with Gasteiger partial charge in [0.1, 0.15) is 24.7 Å². The summed E-state index contributed by atoms with van der Waals surface area (Å²) in [6.07, 6.45) is -2.00. The van der Waals surface area contributed by atoms with Gasteiger partial charge in [-0.15, -0.1) is 0 Å². The molecule has 1 unspecified atom stereocenters. The highest BCUT2D eigenvalue weighted by molar-refractivity contribution is 5.73. The number of alkyl halides is 5. The van der Waals surface area contributed by atoms with Crippen molar-refractivity contribution in [2.45, 2.75) is 45.6 Å². The van der Waals surface area contributed by atoms with Crippen molar-refractivity contribution in [2.24, 2.45) is 16.6 Å². The Morgan fingerprint density at radius 3 is 2.45 bits per heavy atom. The Balaban J connectivity index is 3.21. The van der Waals surface area contributed by atoms with Crippen molar-refractivity contribution in [2.75, 3.05) is 13.3 Å². The molecule has 0 aliphatic heterocycles. The molecule has 0 radical (unpaired) electrons. The van der Waals surface area contributed by atoms with E-state index in [9.17, 15) is 22.0 Å². The molecule has 0 aromatic carbocycles. The number of rotatable bonds is 11. The standard InChI is InChI=1S/C20H26F5N3O/c1-5-13(6-16(27-4)19(24)25)15-7-14(18(22)23)17(9-28-15)29-11-20(26,10-21)8-12(2)3/h5-7,9,12,18-19H,4,8,10-11,26H2,1-3H3/b13-5+,16-6-. The Labute approximate surface area is 167 Å². The van der Waals surface area contributed by atoms with Crippen LogP contribution in [-0.4, -0.2) is 36.9 Å². The summed E-state index contributed by atoms with van der Waals surface area (Å²) >= 11 is 0. The molecule has 0 fully saturated rings. The molecule has 29 heavy (non-hydrogen) atoms. The van der Waals surface area contributed by atoms with Gasteiger partial charge in [0.15, 0.2) is 0 Å². The average Bonchev–Trinajstić information content (AvgIpc) is 2.66. The Bertz CT molecular complexity index is 750. The number of hydrogen-bond donors (Lipinski definition) is 1. The summed E-state index contributed by atoms with van der Waals surface area (Å²) in [7, 11) is 0. The van der Waals surface area contributed by atoms with Crippen molar-refractivity contribution in [3.8, 4) is 5.75 Å². The lowest BCUT2D eigenvalue weighted by atomic mass is 9.92. The number of hydrogen-bond acceptors (Lipinski definition) is 4. The van der Waals surface area contributed by atoms with Crippen LogP contribution >= 0.6 is 0 Å². The van der Waals surface area contributed by atoms with E-state index in [-0.39, 0.29) is 29.5 Å². The molecule has 1 atom stereocenters. The topological polar surface area (TPSA) is 60.5 Å². The molecule has 2 N–H and O–H groups in total. The molecule has 162 valence electrons. The van der Waals surface area contributed by atoms with E-state index in [2.05, 4.69) is 16.7 Å². The Morgan fingerprint density at radius 1 is 1.34 bits per heavy atom. The van der Waals surface area contributed by atoms with Gasteiger partial charge in [-0.3, -0.25) is 9.98 Å². The summed E-state index contributed by atoms with van der Waals surface area (Å²) < 4.78 is 71.6. The molecule has 0 saturated heterocycles. The molecule has 4 nitrogen and oxygen atoms in total. The third kappa shape index (κ3) is 7.23. The molecule has 1 aromatic rings. The smallest absolute Gasteiger partial charge is 0.280 e. The van der Waals surface area contributed by atoms with Gasteiger partial charge < -0.3 is 10.5 Å². The van der Waals surface area contributed by atoms with Crippen LogP contribution in [0.5, 0.6) is 5.75 Å². The van der Waals surface area contributed by atoms with Crippen LogP contribution in [0.3, 0.4) is 0 Å². The lowest BCUT2D eigenvalue weighted by Gasteiger charge is -2.28. The largest absolute Gasteiger partial charge is 0.489 e. The molecule has 9 heteroatoms. The highest BCUT2D eigenvalue weighted by Gasteiger charge is 2.28. The summed E-state index contributed by atoms with van der Waals surface area (Å²) in [4.78, 5) is 7.25. The summed E-state index contributed by atoms with van der Waals surface area (Å²) in [6.45, 7) is 7.14. The fourth-order valence-corrected chi connectivity index (χ4v) is 2.74. The number of halogens is 5. The zero-order chi connectivity index (χ0) is 22.2. The monoisotopic (exact) mass is 419 g/mol. The van der Waals surface area contributed by atoms with Crippen molar-refractivity contribution in [3.05, 3.63) is 41.4 Å². The predicted octanol–water partition coefficient (Wildman–Crippen LogP) is 5.36. The van der Waals surface area contributed by atoms with Gasteiger partial charge in [0.2, 0.25) is 0 Å². The number of nitrogens with two attached hydrogens (primary N) is 1. The maximum atomic E-state index is 13.5. The van der Waals surface area contributed by atoms with Crippen LogP contribution in [0.15, 0.2) is 35.1 Å². The van der Waals surface area contributed by atoms with Gasteiger partial charge in [-0.2, -0.15) is 0 Å². The van der Waals surface area contributed by atoms with Gasteiger partial charge in [0.25, 0.3) is 12.9 Å². The van der Waals surface area contributed by atoms with E-state index in [4.69, 9.17) is 10.5 Å². The Hall–Kier alpha value is -2.29. The molecule has 0 spiro atoms. The average molecular weight is 419 g/mol. The first-order chi connectivity index (χ1) is 13.6. The molecule has 0 aliphatic rings. The van der Waals surface area contributed by atoms with Crippen molar-refractivity contribution in [1.29, 1.82) is 0 Å². The lowest BCUT2D eigenvalue weighted by molar-refractivity contribution is 0.131. The quantitative estimate of drug-likeness (QED) is 0.298. The highest BCUT2D eigenvalue weighted by atomic mass is 19.3. The van der Waals surface area contributed by atoms with Gasteiger partial charge in [-0.05, 0) is 43.7 Å². The number of ether oxygens (including phenoxy) is 1. The van der Waals surface area contributed by atoms with E-state index < -0.39 is 36.3 Å². The van der Waals surface area contributed by atoms with Crippen LogP contribution in [0, 0.1) is 5.92 Å². The van der Waals surface area contributed by atoms with Gasteiger partial charge in [-0.25, -0.2) is 22.0 Å². The third-order valence-electron chi connectivity index (χ3n) is 4.05. The van der Waals surface area contributed by atoms with E-state index in [1.54, 1.807) is 6.92 Å². The third-order valence-corrected chi connectivity index (χ3v) is 4.05. The Kier molecular flexibility index (Phi) is 9.42. The molecular formula is C20H26F5N3O. The first-order valence-electron chi connectivity index (χ1n) is 8.95. The molecule has 0 aliphatic carbocycles. The van der Waals surface area contributed by atoms with Gasteiger partial charge in [0, 0.05) is 0 Å². The van der Waals surface area contributed by atoms with Crippen LogP contribution in [0.25, 0.3) is 5.57 Å². The van der Waals surface area contributed by atoms with E-state index in [1.807, 2.05) is 13.8 Å². The molecule has 1 rings (SSSR count). The summed E-state index contributed by atoms with van der Waals surface area (Å²) in [5.41, 5.74) is 3.73. The van der Waals surface area contributed by atoms with E-state index in [0.717, 1.165) is 18.3 Å². The summed E-state index contributed by atoms with van der Waals surface area (Å²) in [6, 6.07) is 1.04. The van der Waals surface area contributed by atoms with Crippen molar-refractivity contribution in [1.82, 2.24) is 4.98 Å².